The van der Waals surface area contributed by atoms with Crippen molar-refractivity contribution < 1.29 is 13.9 Å². The number of nitrogens with one attached hydrogen (secondary N) is 2. The van der Waals surface area contributed by atoms with Crippen molar-refractivity contribution in [1.29, 1.82) is 0 Å². The molecule has 0 radical (unpaired) electrons. The van der Waals surface area contributed by atoms with E-state index in [1.807, 2.05) is 30.3 Å². The number of halogens is 1. The summed E-state index contributed by atoms with van der Waals surface area (Å²) < 4.78 is 11.1. The van der Waals surface area contributed by atoms with Gasteiger partial charge in [-0.05, 0) is 23.6 Å². The molecule has 1 heterocycles. The van der Waals surface area contributed by atoms with Crippen LogP contribution < -0.4 is 16.4 Å². The van der Waals surface area contributed by atoms with Crippen molar-refractivity contribution in [2.45, 2.75) is 20.1 Å². The van der Waals surface area contributed by atoms with Crippen LogP contribution in [0, 0.1) is 5.92 Å². The number of guanidine groups is 1. The second-order valence-corrected chi connectivity index (χ2v) is 6.04. The fourth-order valence-electron chi connectivity index (χ4n) is 2.28. The highest BCUT2D eigenvalue weighted by molar-refractivity contribution is 14.0. The first-order chi connectivity index (χ1) is 12.6. The van der Waals surface area contributed by atoms with Gasteiger partial charge in [0, 0.05) is 13.6 Å². The summed E-state index contributed by atoms with van der Waals surface area (Å²) in [6, 6.07) is 13.4. The molecule has 2 aromatic rings. The predicted molar refractivity (Wildman–Crippen MR) is 116 cm³/mol. The number of nitrogens with zero attached hydrogens (tertiary/aromatic N) is 1. The maximum Gasteiger partial charge on any atom is 0.284 e. The summed E-state index contributed by atoms with van der Waals surface area (Å²) in [7, 11) is 1.70. The van der Waals surface area contributed by atoms with Gasteiger partial charge >= 0.3 is 0 Å². The number of hydrogen-bond acceptors (Lipinski definition) is 4. The van der Waals surface area contributed by atoms with E-state index in [4.69, 9.17) is 14.9 Å². The van der Waals surface area contributed by atoms with Crippen LogP contribution in [0.4, 0.5) is 0 Å². The number of ether oxygens (including phenoxy) is 1. The lowest BCUT2D eigenvalue weighted by atomic mass is 10.2. The molecule has 7 nitrogen and oxygen atoms in total. The number of carbonyl (C=O) groups is 1. The Labute approximate surface area is 176 Å². The summed E-state index contributed by atoms with van der Waals surface area (Å²) in [4.78, 5) is 15.2. The molecule has 0 spiro atoms. The molecular weight excluding hydrogens is 459 g/mol. The lowest BCUT2D eigenvalue weighted by Crippen LogP contribution is -2.39. The standard InChI is InChI=1S/C19H26N4O3.HI/c1-14(12-25-13-15-6-4-3-5-7-15)10-22-19(21-2)23-11-16-8-9-17(26-16)18(20)24;/h3-9,14H,10-13H2,1-2H3,(H2,20,24)(H2,21,22,23);1H. The van der Waals surface area contributed by atoms with Crippen molar-refractivity contribution in [3.05, 3.63) is 59.5 Å². The van der Waals surface area contributed by atoms with Crippen molar-refractivity contribution >= 4 is 35.8 Å². The van der Waals surface area contributed by atoms with E-state index in [0.29, 0.717) is 37.4 Å². The van der Waals surface area contributed by atoms with E-state index in [2.05, 4.69) is 22.5 Å². The molecule has 2 rings (SSSR count). The molecule has 4 N–H and O–H groups in total. The second kappa shape index (κ2) is 12.3. The number of amides is 1. The normalized spacial score (nSPS) is 12.1. The average molecular weight is 486 g/mol. The first-order valence-corrected chi connectivity index (χ1v) is 8.53. The topological polar surface area (TPSA) is 102 Å². The Hall–Kier alpha value is -2.07. The molecule has 1 aromatic carbocycles. The maximum absolute atomic E-state index is 11.0. The van der Waals surface area contributed by atoms with Gasteiger partial charge in [0.1, 0.15) is 5.76 Å². The fraction of sp³-hybridized carbons (Fsp3) is 0.368. The van der Waals surface area contributed by atoms with Crippen LogP contribution in [0.2, 0.25) is 0 Å². The highest BCUT2D eigenvalue weighted by Gasteiger charge is 2.08. The van der Waals surface area contributed by atoms with Gasteiger partial charge in [-0.25, -0.2) is 0 Å². The lowest BCUT2D eigenvalue weighted by Gasteiger charge is -2.16. The van der Waals surface area contributed by atoms with E-state index in [1.54, 1.807) is 19.2 Å². The van der Waals surface area contributed by atoms with E-state index < -0.39 is 5.91 Å². The number of furan rings is 1. The van der Waals surface area contributed by atoms with Crippen LogP contribution >= 0.6 is 24.0 Å². The third-order valence-electron chi connectivity index (χ3n) is 3.69. The van der Waals surface area contributed by atoms with Gasteiger partial charge < -0.3 is 25.5 Å². The number of primary amides is 1. The molecule has 27 heavy (non-hydrogen) atoms. The minimum Gasteiger partial charge on any atom is -0.454 e. The highest BCUT2D eigenvalue weighted by atomic mass is 127. The van der Waals surface area contributed by atoms with Crippen LogP contribution in [0.1, 0.15) is 28.8 Å². The summed E-state index contributed by atoms with van der Waals surface area (Å²) in [6.07, 6.45) is 0. The van der Waals surface area contributed by atoms with Gasteiger partial charge in [0.25, 0.3) is 5.91 Å². The molecule has 1 unspecified atom stereocenters. The van der Waals surface area contributed by atoms with Gasteiger partial charge in [0.2, 0.25) is 0 Å². The molecule has 1 atom stereocenters. The van der Waals surface area contributed by atoms with Crippen molar-refractivity contribution in [3.63, 3.8) is 0 Å². The van der Waals surface area contributed by atoms with Crippen molar-refractivity contribution in [2.75, 3.05) is 20.2 Å². The Balaban J connectivity index is 0.00000364. The quantitative estimate of drug-likeness (QED) is 0.287. The number of aliphatic imine (C=N–C) groups is 1. The Morgan fingerprint density at radius 3 is 2.59 bits per heavy atom. The minimum atomic E-state index is -0.580. The molecule has 0 fully saturated rings. The van der Waals surface area contributed by atoms with Gasteiger partial charge in [0.15, 0.2) is 11.7 Å². The van der Waals surface area contributed by atoms with Crippen LogP contribution in [0.3, 0.4) is 0 Å². The number of rotatable bonds is 9. The van der Waals surface area contributed by atoms with Crippen molar-refractivity contribution in [3.8, 4) is 0 Å². The molecule has 0 aliphatic heterocycles. The molecule has 148 valence electrons. The Kier molecular flexibility index (Phi) is 10.5. The third kappa shape index (κ3) is 8.44. The molecular formula is C19H27IN4O3. The summed E-state index contributed by atoms with van der Waals surface area (Å²) in [6.45, 7) is 4.50. The van der Waals surface area contributed by atoms with E-state index in [1.165, 1.54) is 5.56 Å². The van der Waals surface area contributed by atoms with Gasteiger partial charge in [-0.3, -0.25) is 9.79 Å². The molecule has 1 amide bonds. The third-order valence-corrected chi connectivity index (χ3v) is 3.69. The minimum absolute atomic E-state index is 0. The number of carbonyl (C=O) groups excluding carboxylic acids is 1. The molecule has 0 saturated carbocycles. The van der Waals surface area contributed by atoms with Crippen LogP contribution in [-0.4, -0.2) is 32.1 Å². The van der Waals surface area contributed by atoms with Gasteiger partial charge in [0.05, 0.1) is 19.8 Å². The van der Waals surface area contributed by atoms with E-state index in [-0.39, 0.29) is 29.7 Å². The van der Waals surface area contributed by atoms with Gasteiger partial charge in [-0.2, -0.15) is 0 Å². The first-order valence-electron chi connectivity index (χ1n) is 8.53. The van der Waals surface area contributed by atoms with Crippen molar-refractivity contribution in [2.24, 2.45) is 16.6 Å². The highest BCUT2D eigenvalue weighted by Crippen LogP contribution is 2.06. The van der Waals surface area contributed by atoms with Gasteiger partial charge in [-0.15, -0.1) is 24.0 Å². The summed E-state index contributed by atoms with van der Waals surface area (Å²) in [5.74, 6) is 1.15. The van der Waals surface area contributed by atoms with E-state index in [0.717, 1.165) is 6.54 Å². The number of nitrogens with two attached hydrogens (primary N) is 1. The summed E-state index contributed by atoms with van der Waals surface area (Å²) >= 11 is 0. The second-order valence-electron chi connectivity index (χ2n) is 6.04. The molecule has 8 heteroatoms. The zero-order chi connectivity index (χ0) is 18.8. The molecule has 1 aromatic heterocycles. The average Bonchev–Trinajstić information content (AvgIpc) is 3.12. The molecule has 0 aliphatic carbocycles. The molecule has 0 saturated heterocycles. The van der Waals surface area contributed by atoms with Gasteiger partial charge in [-0.1, -0.05) is 37.3 Å². The van der Waals surface area contributed by atoms with E-state index >= 15 is 0 Å². The largest absolute Gasteiger partial charge is 0.454 e. The van der Waals surface area contributed by atoms with Crippen LogP contribution in [0.25, 0.3) is 0 Å². The van der Waals surface area contributed by atoms with Crippen LogP contribution in [0.15, 0.2) is 51.9 Å². The first kappa shape index (κ1) is 23.0. The fourth-order valence-corrected chi connectivity index (χ4v) is 2.28. The predicted octanol–water partition coefficient (Wildman–Crippen LogP) is 2.51. The smallest absolute Gasteiger partial charge is 0.284 e. The Morgan fingerprint density at radius 2 is 1.96 bits per heavy atom. The zero-order valence-corrected chi connectivity index (χ0v) is 17.9. The molecule has 0 aliphatic rings. The Bertz CT molecular complexity index is 719. The SMILES string of the molecule is CN=C(NCc1ccc(C(N)=O)o1)NCC(C)COCc1ccccc1.I. The van der Waals surface area contributed by atoms with Crippen molar-refractivity contribution in [1.82, 2.24) is 10.6 Å². The van der Waals surface area contributed by atoms with E-state index in [9.17, 15) is 4.79 Å². The zero-order valence-electron chi connectivity index (χ0n) is 15.6. The lowest BCUT2D eigenvalue weighted by molar-refractivity contribution is 0.0931. The summed E-state index contributed by atoms with van der Waals surface area (Å²) in [5, 5.41) is 6.37. The Morgan fingerprint density at radius 1 is 1.22 bits per heavy atom. The number of hydrogen-bond donors (Lipinski definition) is 3. The molecule has 0 bridgehead atoms. The van der Waals surface area contributed by atoms with Crippen LogP contribution in [-0.2, 0) is 17.9 Å². The van der Waals surface area contributed by atoms with Crippen LogP contribution in [0.5, 0.6) is 0 Å². The number of benzene rings is 1. The maximum atomic E-state index is 11.0. The monoisotopic (exact) mass is 486 g/mol. The summed E-state index contributed by atoms with van der Waals surface area (Å²) in [5.41, 5.74) is 6.33.